The van der Waals surface area contributed by atoms with Gasteiger partial charge in [-0.25, -0.2) is 0 Å². The maximum atomic E-state index is 4.59. The molecule has 59 heavy (non-hydrogen) atoms. The molecule has 0 bridgehead atoms. The van der Waals surface area contributed by atoms with Crippen molar-refractivity contribution < 1.29 is 0 Å². The number of hydrogen-bond acceptors (Lipinski definition) is 1. The molecular formula is C57H38N2. The minimum atomic E-state index is -0.284. The number of benzene rings is 9. The van der Waals surface area contributed by atoms with Gasteiger partial charge in [0.15, 0.2) is 0 Å². The zero-order valence-electron chi connectivity index (χ0n) is 32.6. The first kappa shape index (κ1) is 33.6. The quantitative estimate of drug-likeness (QED) is 0.160. The van der Waals surface area contributed by atoms with Gasteiger partial charge in [-0.2, -0.15) is 0 Å². The molecule has 11 aromatic rings. The summed E-state index contributed by atoms with van der Waals surface area (Å²) in [5.74, 6) is 0. The molecule has 0 spiro atoms. The molecule has 0 aliphatic heterocycles. The van der Waals surface area contributed by atoms with Crippen molar-refractivity contribution in [3.63, 3.8) is 0 Å². The minimum Gasteiger partial charge on any atom is -0.307 e. The molecule has 9 aromatic carbocycles. The van der Waals surface area contributed by atoms with Crippen LogP contribution >= 0.6 is 0 Å². The fraction of sp³-hybridized carbons (Fsp3) is 0.0351. The molecule has 0 amide bonds. The van der Waals surface area contributed by atoms with E-state index in [0.29, 0.717) is 0 Å². The average molecular weight is 751 g/mol. The van der Waals surface area contributed by atoms with Crippen LogP contribution in [0.1, 0.15) is 23.6 Å². The molecule has 1 aliphatic rings. The van der Waals surface area contributed by atoms with Crippen molar-refractivity contribution in [2.45, 2.75) is 12.3 Å². The Morgan fingerprint density at radius 2 is 0.898 bits per heavy atom. The highest BCUT2D eigenvalue weighted by Crippen LogP contribution is 2.53. The smallest absolute Gasteiger partial charge is 0.0724 e. The van der Waals surface area contributed by atoms with E-state index in [1.165, 1.54) is 99.0 Å². The summed E-state index contributed by atoms with van der Waals surface area (Å²) in [6, 6.07) is 73.8. The van der Waals surface area contributed by atoms with Gasteiger partial charge in [0.2, 0.25) is 0 Å². The lowest BCUT2D eigenvalue weighted by Crippen LogP contribution is -2.22. The highest BCUT2D eigenvalue weighted by atomic mass is 15.0. The van der Waals surface area contributed by atoms with E-state index in [2.05, 4.69) is 217 Å². The van der Waals surface area contributed by atoms with Crippen molar-refractivity contribution in [3.8, 4) is 50.2 Å². The highest BCUT2D eigenvalue weighted by Gasteiger charge is 2.40. The second-order valence-corrected chi connectivity index (χ2v) is 15.9. The summed E-state index contributed by atoms with van der Waals surface area (Å²) >= 11 is 0. The Bertz CT molecular complexity index is 3320. The van der Waals surface area contributed by atoms with Crippen LogP contribution in [0.25, 0.3) is 93.5 Å². The van der Waals surface area contributed by atoms with Crippen LogP contribution in [-0.2, 0) is 5.41 Å². The first-order valence-corrected chi connectivity index (χ1v) is 20.5. The Kier molecular flexibility index (Phi) is 7.39. The SMILES string of the molecule is CC1(c2cccc(-c3c4ccccc4c(-c4ccccc4-c4ccccc4-n4c5ccccc5c5ccncc54)c4ccccc34)c2)c2ccccc2-c2ccccc21. The van der Waals surface area contributed by atoms with E-state index in [-0.39, 0.29) is 5.41 Å². The van der Waals surface area contributed by atoms with Crippen LogP contribution < -0.4 is 0 Å². The largest absolute Gasteiger partial charge is 0.307 e. The molecule has 0 fully saturated rings. The highest BCUT2D eigenvalue weighted by molar-refractivity contribution is 6.22. The van der Waals surface area contributed by atoms with Gasteiger partial charge in [-0.1, -0.05) is 176 Å². The third-order valence-corrected chi connectivity index (χ3v) is 13.0. The summed E-state index contributed by atoms with van der Waals surface area (Å²) in [6.07, 6.45) is 3.89. The molecule has 2 heteroatoms. The molecule has 0 saturated carbocycles. The summed E-state index contributed by atoms with van der Waals surface area (Å²) in [5, 5.41) is 7.38. The van der Waals surface area contributed by atoms with E-state index < -0.39 is 0 Å². The topological polar surface area (TPSA) is 17.8 Å². The molecule has 0 unspecified atom stereocenters. The summed E-state index contributed by atoms with van der Waals surface area (Å²) in [4.78, 5) is 4.59. The lowest BCUT2D eigenvalue weighted by atomic mass is 9.73. The predicted octanol–water partition coefficient (Wildman–Crippen LogP) is 14.8. The van der Waals surface area contributed by atoms with E-state index in [9.17, 15) is 0 Å². The number of aromatic nitrogens is 2. The summed E-state index contributed by atoms with van der Waals surface area (Å²) in [5.41, 5.74) is 17.1. The van der Waals surface area contributed by atoms with E-state index in [1.54, 1.807) is 0 Å². The number of nitrogens with zero attached hydrogens (tertiary/aromatic N) is 2. The van der Waals surface area contributed by atoms with Gasteiger partial charge in [0.05, 0.1) is 22.9 Å². The molecule has 2 aromatic heterocycles. The van der Waals surface area contributed by atoms with Crippen LogP contribution in [0.15, 0.2) is 213 Å². The Hall–Kier alpha value is -7.55. The molecule has 0 saturated heterocycles. The van der Waals surface area contributed by atoms with Gasteiger partial charge in [-0.15, -0.1) is 0 Å². The average Bonchev–Trinajstić information content (AvgIpc) is 3.78. The second kappa shape index (κ2) is 13.0. The maximum Gasteiger partial charge on any atom is 0.0724 e. The van der Waals surface area contributed by atoms with Gasteiger partial charge in [-0.3, -0.25) is 4.98 Å². The summed E-state index contributed by atoms with van der Waals surface area (Å²) in [6.45, 7) is 2.40. The van der Waals surface area contributed by atoms with E-state index in [0.717, 1.165) is 11.2 Å². The normalized spacial score (nSPS) is 13.0. The minimum absolute atomic E-state index is 0.284. The van der Waals surface area contributed by atoms with E-state index in [1.807, 2.05) is 12.4 Å². The van der Waals surface area contributed by atoms with Gasteiger partial charge in [-0.05, 0) is 108 Å². The maximum absolute atomic E-state index is 4.59. The van der Waals surface area contributed by atoms with Gasteiger partial charge >= 0.3 is 0 Å². The fourth-order valence-electron chi connectivity index (χ4n) is 10.4. The van der Waals surface area contributed by atoms with Gasteiger partial charge in [0.25, 0.3) is 0 Å². The number of para-hydroxylation sites is 2. The Balaban J connectivity index is 1.10. The van der Waals surface area contributed by atoms with Crippen LogP contribution in [0.3, 0.4) is 0 Å². The van der Waals surface area contributed by atoms with Crippen LogP contribution in [0.5, 0.6) is 0 Å². The zero-order valence-corrected chi connectivity index (χ0v) is 32.6. The number of rotatable bonds is 5. The molecule has 2 heterocycles. The Morgan fingerprint density at radius 3 is 1.58 bits per heavy atom. The monoisotopic (exact) mass is 750 g/mol. The van der Waals surface area contributed by atoms with Gasteiger partial charge < -0.3 is 4.57 Å². The number of fused-ring (bicyclic) bond motifs is 8. The van der Waals surface area contributed by atoms with Gasteiger partial charge in [0.1, 0.15) is 0 Å². The Morgan fingerprint density at radius 1 is 0.390 bits per heavy atom. The van der Waals surface area contributed by atoms with Crippen molar-refractivity contribution in [1.29, 1.82) is 0 Å². The first-order valence-electron chi connectivity index (χ1n) is 20.5. The molecule has 276 valence electrons. The molecule has 0 atom stereocenters. The van der Waals surface area contributed by atoms with Crippen LogP contribution in [0.2, 0.25) is 0 Å². The summed E-state index contributed by atoms with van der Waals surface area (Å²) in [7, 11) is 0. The van der Waals surface area contributed by atoms with Crippen molar-refractivity contribution in [1.82, 2.24) is 9.55 Å². The molecule has 2 nitrogen and oxygen atoms in total. The second-order valence-electron chi connectivity index (χ2n) is 15.9. The third kappa shape index (κ3) is 4.84. The fourth-order valence-corrected chi connectivity index (χ4v) is 10.4. The van der Waals surface area contributed by atoms with Crippen molar-refractivity contribution >= 4 is 43.4 Å². The molecule has 1 aliphatic carbocycles. The van der Waals surface area contributed by atoms with Crippen LogP contribution in [-0.4, -0.2) is 9.55 Å². The van der Waals surface area contributed by atoms with E-state index >= 15 is 0 Å². The Labute approximate surface area is 343 Å². The van der Waals surface area contributed by atoms with Gasteiger partial charge in [0, 0.05) is 27.9 Å². The summed E-state index contributed by atoms with van der Waals surface area (Å²) < 4.78 is 2.39. The molecule has 0 N–H and O–H groups in total. The predicted molar refractivity (Wildman–Crippen MR) is 247 cm³/mol. The molecule has 0 radical (unpaired) electrons. The van der Waals surface area contributed by atoms with Crippen LogP contribution in [0, 0.1) is 0 Å². The lowest BCUT2D eigenvalue weighted by molar-refractivity contribution is 0.714. The van der Waals surface area contributed by atoms with E-state index in [4.69, 9.17) is 0 Å². The zero-order chi connectivity index (χ0) is 39.1. The van der Waals surface area contributed by atoms with Crippen molar-refractivity contribution in [3.05, 3.63) is 229 Å². The first-order chi connectivity index (χ1) is 29.2. The van der Waals surface area contributed by atoms with Crippen molar-refractivity contribution in [2.75, 3.05) is 0 Å². The lowest BCUT2D eigenvalue weighted by Gasteiger charge is -2.29. The third-order valence-electron chi connectivity index (χ3n) is 13.0. The van der Waals surface area contributed by atoms with Crippen molar-refractivity contribution in [2.24, 2.45) is 0 Å². The number of pyridine rings is 1. The molecule has 12 rings (SSSR count). The molecular weight excluding hydrogens is 713 g/mol. The standard InChI is InChI=1S/C57H38N2/c1-57(50-29-12-8-20-40(50)41-21-9-13-30-51(41)57)38-18-16-17-37(35-38)55-46-25-4-6-27-48(46)56(49-28-7-5-26-47(49)55)45-24-3-2-19-39(45)42-22-10-14-31-52(42)59-53-32-15-11-23-43(53)44-33-34-58-36-54(44)59/h2-36H,1H3. The van der Waals surface area contributed by atoms with Crippen LogP contribution in [0.4, 0.5) is 0 Å². The number of hydrogen-bond donors (Lipinski definition) is 0.